The van der Waals surface area contributed by atoms with Crippen LogP contribution in [0.2, 0.25) is 0 Å². The first kappa shape index (κ1) is 18.1. The van der Waals surface area contributed by atoms with E-state index in [0.29, 0.717) is 19.5 Å². The van der Waals surface area contributed by atoms with Crippen molar-refractivity contribution in [2.75, 3.05) is 11.5 Å². The Bertz CT molecular complexity index is 857. The average molecular weight is 385 g/mol. The highest BCUT2D eigenvalue weighted by atomic mass is 32.2. The Kier molecular flexibility index (Phi) is 4.95. The Morgan fingerprint density at radius 1 is 1.33 bits per heavy atom. The molecule has 0 saturated carbocycles. The molecular formula is C20H24N4O2S. The van der Waals surface area contributed by atoms with Crippen molar-refractivity contribution in [2.24, 2.45) is 0 Å². The fourth-order valence-electron chi connectivity index (χ4n) is 4.04. The van der Waals surface area contributed by atoms with Crippen LogP contribution in [0.3, 0.4) is 0 Å². The molecule has 2 N–H and O–H groups in total. The van der Waals surface area contributed by atoms with E-state index >= 15 is 0 Å². The maximum atomic E-state index is 13.0. The zero-order chi connectivity index (χ0) is 18.9. The zero-order valence-electron chi connectivity index (χ0n) is 15.5. The van der Waals surface area contributed by atoms with Crippen molar-refractivity contribution >= 4 is 23.6 Å². The van der Waals surface area contributed by atoms with Crippen LogP contribution >= 0.6 is 11.8 Å². The van der Waals surface area contributed by atoms with Crippen LogP contribution in [0.15, 0.2) is 30.5 Å². The molecule has 2 aliphatic heterocycles. The number of hydrogen-bond acceptors (Lipinski definition) is 4. The first-order valence-electron chi connectivity index (χ1n) is 9.32. The number of carbonyl (C=O) groups is 2. The van der Waals surface area contributed by atoms with E-state index in [-0.39, 0.29) is 11.8 Å². The van der Waals surface area contributed by atoms with E-state index in [0.717, 1.165) is 46.7 Å². The number of amides is 2. The van der Waals surface area contributed by atoms with Gasteiger partial charge >= 0.3 is 0 Å². The first-order chi connectivity index (χ1) is 13.1. The van der Waals surface area contributed by atoms with Gasteiger partial charge in [-0.1, -0.05) is 18.2 Å². The van der Waals surface area contributed by atoms with Gasteiger partial charge in [0.15, 0.2) is 0 Å². The highest BCUT2D eigenvalue weighted by Gasteiger charge is 2.45. The van der Waals surface area contributed by atoms with Gasteiger partial charge in [0.2, 0.25) is 5.91 Å². The van der Waals surface area contributed by atoms with Gasteiger partial charge in [0.25, 0.3) is 5.91 Å². The summed E-state index contributed by atoms with van der Waals surface area (Å²) < 4.78 is 0. The third-order valence-electron chi connectivity index (χ3n) is 5.72. The van der Waals surface area contributed by atoms with Gasteiger partial charge in [-0.3, -0.25) is 14.7 Å². The van der Waals surface area contributed by atoms with E-state index in [9.17, 15) is 9.59 Å². The molecular weight excluding hydrogens is 360 g/mol. The van der Waals surface area contributed by atoms with Gasteiger partial charge in [-0.05, 0) is 42.9 Å². The average Bonchev–Trinajstić information content (AvgIpc) is 3.24. The molecule has 1 aromatic heterocycles. The quantitative estimate of drug-likeness (QED) is 0.831. The molecule has 0 radical (unpaired) electrons. The minimum absolute atomic E-state index is 0.00810. The molecule has 2 amide bonds. The third-order valence-corrected chi connectivity index (χ3v) is 6.70. The lowest BCUT2D eigenvalue weighted by atomic mass is 9.86. The molecule has 0 aliphatic carbocycles. The van der Waals surface area contributed by atoms with Gasteiger partial charge in [0.05, 0.1) is 11.7 Å². The van der Waals surface area contributed by atoms with Crippen LogP contribution < -0.4 is 5.32 Å². The molecule has 4 rings (SSSR count). The van der Waals surface area contributed by atoms with Gasteiger partial charge < -0.3 is 10.2 Å². The molecule has 27 heavy (non-hydrogen) atoms. The van der Waals surface area contributed by atoms with E-state index < -0.39 is 5.54 Å². The minimum Gasteiger partial charge on any atom is -0.352 e. The standard InChI is InChI=1S/C20H24N4O2S/c1-14-16(12-22-23-14)11-21-18(25)10-20(6-8-27-9-7-20)24-13-15-4-2-3-5-17(15)19(24)26/h2-5,12H,6-11,13H2,1H3,(H,21,25)(H,22,23). The summed E-state index contributed by atoms with van der Waals surface area (Å²) in [7, 11) is 0. The molecule has 1 aromatic carbocycles. The van der Waals surface area contributed by atoms with Crippen LogP contribution in [0.1, 0.15) is 46.4 Å². The van der Waals surface area contributed by atoms with Crippen LogP contribution in [0, 0.1) is 6.92 Å². The smallest absolute Gasteiger partial charge is 0.254 e. The highest BCUT2D eigenvalue weighted by molar-refractivity contribution is 7.99. The second kappa shape index (κ2) is 7.38. The lowest BCUT2D eigenvalue weighted by Gasteiger charge is -2.44. The number of nitrogens with one attached hydrogen (secondary N) is 2. The molecule has 142 valence electrons. The second-order valence-electron chi connectivity index (χ2n) is 7.36. The summed E-state index contributed by atoms with van der Waals surface area (Å²) in [6.07, 6.45) is 3.80. The number of aromatic nitrogens is 2. The van der Waals surface area contributed by atoms with Crippen LogP contribution in [-0.4, -0.2) is 44.0 Å². The fraction of sp³-hybridized carbons (Fsp3) is 0.450. The van der Waals surface area contributed by atoms with Crippen LogP contribution in [0.5, 0.6) is 0 Å². The van der Waals surface area contributed by atoms with E-state index in [4.69, 9.17) is 0 Å². The number of aromatic amines is 1. The number of fused-ring (bicyclic) bond motifs is 1. The van der Waals surface area contributed by atoms with Crippen molar-refractivity contribution in [2.45, 2.75) is 44.8 Å². The number of benzene rings is 1. The SMILES string of the molecule is Cc1[nH]ncc1CNC(=O)CC1(N2Cc3ccccc3C2=O)CCSCC1. The number of rotatable bonds is 5. The van der Waals surface area contributed by atoms with E-state index in [1.54, 1.807) is 6.20 Å². The van der Waals surface area contributed by atoms with Gasteiger partial charge in [0, 0.05) is 36.3 Å². The second-order valence-corrected chi connectivity index (χ2v) is 8.58. The number of aryl methyl sites for hydroxylation is 1. The third kappa shape index (κ3) is 3.48. The summed E-state index contributed by atoms with van der Waals surface area (Å²) in [6, 6.07) is 7.79. The van der Waals surface area contributed by atoms with Gasteiger partial charge in [-0.15, -0.1) is 0 Å². The Morgan fingerprint density at radius 3 is 2.81 bits per heavy atom. The van der Waals surface area contributed by atoms with Crippen molar-refractivity contribution in [1.82, 2.24) is 20.4 Å². The Hall–Kier alpha value is -2.28. The number of nitrogens with zero attached hydrogens (tertiary/aromatic N) is 2. The first-order valence-corrected chi connectivity index (χ1v) is 10.5. The molecule has 0 atom stereocenters. The summed E-state index contributed by atoms with van der Waals surface area (Å²) in [5.41, 5.74) is 3.40. The van der Waals surface area contributed by atoms with Crippen LogP contribution in [0.25, 0.3) is 0 Å². The van der Waals surface area contributed by atoms with Crippen molar-refractivity contribution in [3.63, 3.8) is 0 Å². The van der Waals surface area contributed by atoms with Gasteiger partial charge in [-0.25, -0.2) is 0 Å². The highest BCUT2D eigenvalue weighted by Crippen LogP contribution is 2.40. The number of thioether (sulfide) groups is 1. The maximum absolute atomic E-state index is 13.0. The topological polar surface area (TPSA) is 78.1 Å². The minimum atomic E-state index is -0.392. The van der Waals surface area contributed by atoms with Crippen molar-refractivity contribution in [3.05, 3.63) is 52.8 Å². The summed E-state index contributed by atoms with van der Waals surface area (Å²) in [4.78, 5) is 27.8. The number of carbonyl (C=O) groups excluding carboxylic acids is 2. The Balaban J connectivity index is 1.50. The van der Waals surface area contributed by atoms with Crippen LogP contribution in [0.4, 0.5) is 0 Å². The molecule has 7 heteroatoms. The monoisotopic (exact) mass is 384 g/mol. The van der Waals surface area contributed by atoms with E-state index in [2.05, 4.69) is 15.5 Å². The molecule has 0 unspecified atom stereocenters. The molecule has 3 heterocycles. The lowest BCUT2D eigenvalue weighted by molar-refractivity contribution is -0.124. The summed E-state index contributed by atoms with van der Waals surface area (Å²) in [6.45, 7) is 3.00. The normalized spacial score (nSPS) is 18.4. The molecule has 0 spiro atoms. The van der Waals surface area contributed by atoms with E-state index in [1.165, 1.54) is 0 Å². The zero-order valence-corrected chi connectivity index (χ0v) is 16.3. The van der Waals surface area contributed by atoms with E-state index in [1.807, 2.05) is 47.9 Å². The number of hydrogen-bond donors (Lipinski definition) is 2. The fourth-order valence-corrected chi connectivity index (χ4v) is 5.29. The van der Waals surface area contributed by atoms with Gasteiger partial charge in [0.1, 0.15) is 0 Å². The molecule has 6 nitrogen and oxygen atoms in total. The molecule has 0 bridgehead atoms. The van der Waals surface area contributed by atoms with Crippen LogP contribution in [-0.2, 0) is 17.9 Å². The summed E-state index contributed by atoms with van der Waals surface area (Å²) in [5.74, 6) is 2.02. The molecule has 1 saturated heterocycles. The summed E-state index contributed by atoms with van der Waals surface area (Å²) >= 11 is 1.90. The van der Waals surface area contributed by atoms with Crippen molar-refractivity contribution < 1.29 is 9.59 Å². The predicted octanol–water partition coefficient (Wildman–Crippen LogP) is 2.65. The molecule has 2 aromatic rings. The summed E-state index contributed by atoms with van der Waals surface area (Å²) in [5, 5.41) is 9.89. The molecule has 2 aliphatic rings. The lowest BCUT2D eigenvalue weighted by Crippen LogP contribution is -2.53. The predicted molar refractivity (Wildman–Crippen MR) is 105 cm³/mol. The van der Waals surface area contributed by atoms with Crippen molar-refractivity contribution in [1.29, 1.82) is 0 Å². The van der Waals surface area contributed by atoms with Crippen molar-refractivity contribution in [3.8, 4) is 0 Å². The largest absolute Gasteiger partial charge is 0.352 e. The molecule has 1 fully saturated rings. The van der Waals surface area contributed by atoms with Gasteiger partial charge in [-0.2, -0.15) is 16.9 Å². The Labute approximate surface area is 163 Å². The maximum Gasteiger partial charge on any atom is 0.254 e. The number of H-pyrrole nitrogens is 1. The Morgan fingerprint density at radius 2 is 2.11 bits per heavy atom.